The lowest BCUT2D eigenvalue weighted by Crippen LogP contribution is -2.11. The fraction of sp³-hybridized carbons (Fsp3) is 0.0625. The molecule has 0 aliphatic carbocycles. The molecule has 0 bridgehead atoms. The number of benzene rings is 2. The Bertz CT molecular complexity index is 1000. The van der Waals surface area contributed by atoms with Gasteiger partial charge in [0.2, 0.25) is 0 Å². The van der Waals surface area contributed by atoms with E-state index < -0.39 is 21.8 Å². The van der Waals surface area contributed by atoms with Gasteiger partial charge in [0.05, 0.1) is 5.52 Å². The Morgan fingerprint density at radius 3 is 2.57 bits per heavy atom. The van der Waals surface area contributed by atoms with E-state index in [-0.39, 0.29) is 16.2 Å². The molecule has 0 N–H and O–H groups in total. The van der Waals surface area contributed by atoms with Gasteiger partial charge in [-0.3, -0.25) is 4.98 Å². The minimum atomic E-state index is -4.23. The van der Waals surface area contributed by atoms with Crippen molar-refractivity contribution in [3.63, 3.8) is 0 Å². The Labute approximate surface area is 131 Å². The van der Waals surface area contributed by atoms with E-state index in [1.807, 2.05) is 6.92 Å². The molecule has 0 fully saturated rings. The Morgan fingerprint density at radius 1 is 1.04 bits per heavy atom. The summed E-state index contributed by atoms with van der Waals surface area (Å²) in [6, 6.07) is 8.94. The van der Waals surface area contributed by atoms with Crippen LogP contribution in [0.5, 0.6) is 5.75 Å². The molecular weight excluding hydrogens is 324 g/mol. The third-order valence-electron chi connectivity index (χ3n) is 3.18. The zero-order valence-corrected chi connectivity index (χ0v) is 12.8. The Kier molecular flexibility index (Phi) is 3.73. The summed E-state index contributed by atoms with van der Waals surface area (Å²) in [6.07, 6.45) is 1.54. The highest BCUT2D eigenvalue weighted by atomic mass is 32.2. The number of hydrogen-bond acceptors (Lipinski definition) is 4. The lowest BCUT2D eigenvalue weighted by atomic mass is 10.2. The summed E-state index contributed by atoms with van der Waals surface area (Å²) in [7, 11) is -4.23. The molecule has 3 aromatic rings. The maximum absolute atomic E-state index is 13.2. The average Bonchev–Trinajstić information content (AvgIpc) is 2.49. The molecule has 118 valence electrons. The normalized spacial score (nSPS) is 11.6. The maximum atomic E-state index is 13.2. The summed E-state index contributed by atoms with van der Waals surface area (Å²) >= 11 is 0. The monoisotopic (exact) mass is 335 g/mol. The van der Waals surface area contributed by atoms with Gasteiger partial charge in [0.25, 0.3) is 0 Å². The summed E-state index contributed by atoms with van der Waals surface area (Å²) in [5.41, 5.74) is 1.13. The second kappa shape index (κ2) is 5.58. The molecule has 0 atom stereocenters. The topological polar surface area (TPSA) is 56.3 Å². The number of para-hydroxylation sites is 1. The lowest BCUT2D eigenvalue weighted by molar-refractivity contribution is 0.472. The molecule has 0 saturated heterocycles. The molecular formula is C16H11F2NO3S. The number of nitrogens with zero attached hydrogens (tertiary/aromatic N) is 1. The molecule has 1 heterocycles. The predicted octanol–water partition coefficient (Wildman–Crippen LogP) is 3.59. The van der Waals surface area contributed by atoms with Crippen molar-refractivity contribution in [3.8, 4) is 5.75 Å². The van der Waals surface area contributed by atoms with E-state index >= 15 is 0 Å². The minimum Gasteiger partial charge on any atom is -0.379 e. The van der Waals surface area contributed by atoms with Crippen LogP contribution in [0.3, 0.4) is 0 Å². The van der Waals surface area contributed by atoms with Crippen LogP contribution in [0.2, 0.25) is 0 Å². The fourth-order valence-electron chi connectivity index (χ4n) is 2.14. The average molecular weight is 335 g/mol. The third-order valence-corrected chi connectivity index (χ3v) is 4.46. The number of halogens is 2. The van der Waals surface area contributed by atoms with Crippen molar-refractivity contribution in [2.45, 2.75) is 11.8 Å². The van der Waals surface area contributed by atoms with E-state index in [4.69, 9.17) is 4.18 Å². The first kappa shape index (κ1) is 15.4. The molecule has 0 aliphatic heterocycles. The summed E-state index contributed by atoms with van der Waals surface area (Å²) in [6.45, 7) is 1.84. The van der Waals surface area contributed by atoms with Gasteiger partial charge >= 0.3 is 10.1 Å². The van der Waals surface area contributed by atoms with Crippen molar-refractivity contribution >= 4 is 21.0 Å². The molecule has 0 radical (unpaired) electrons. The number of rotatable bonds is 3. The van der Waals surface area contributed by atoms with Crippen LogP contribution in [0, 0.1) is 18.6 Å². The van der Waals surface area contributed by atoms with Gasteiger partial charge in [0, 0.05) is 17.6 Å². The zero-order chi connectivity index (χ0) is 16.6. The Morgan fingerprint density at radius 2 is 1.83 bits per heavy atom. The van der Waals surface area contributed by atoms with Crippen LogP contribution < -0.4 is 4.18 Å². The van der Waals surface area contributed by atoms with E-state index in [0.717, 1.165) is 17.7 Å². The summed E-state index contributed by atoms with van der Waals surface area (Å²) < 4.78 is 55.8. The first-order valence-electron chi connectivity index (χ1n) is 6.62. The van der Waals surface area contributed by atoms with Crippen LogP contribution in [0.15, 0.2) is 53.6 Å². The third kappa shape index (κ3) is 3.00. The van der Waals surface area contributed by atoms with Gasteiger partial charge in [-0.1, -0.05) is 12.1 Å². The number of pyridine rings is 1. The highest BCUT2D eigenvalue weighted by molar-refractivity contribution is 7.87. The molecule has 23 heavy (non-hydrogen) atoms. The van der Waals surface area contributed by atoms with E-state index in [1.54, 1.807) is 24.4 Å². The minimum absolute atomic E-state index is 0.139. The molecule has 4 nitrogen and oxygen atoms in total. The van der Waals surface area contributed by atoms with Crippen LogP contribution >= 0.6 is 0 Å². The highest BCUT2D eigenvalue weighted by Crippen LogP contribution is 2.26. The molecule has 7 heteroatoms. The molecule has 1 aromatic heterocycles. The number of fused-ring (bicyclic) bond motifs is 1. The first-order chi connectivity index (χ1) is 10.9. The van der Waals surface area contributed by atoms with Crippen LogP contribution in [-0.4, -0.2) is 13.4 Å². The van der Waals surface area contributed by atoms with Gasteiger partial charge in [-0.05, 0) is 36.8 Å². The smallest absolute Gasteiger partial charge is 0.341 e. The zero-order valence-electron chi connectivity index (χ0n) is 12.0. The molecule has 0 amide bonds. The molecule has 0 unspecified atom stereocenters. The summed E-state index contributed by atoms with van der Waals surface area (Å²) in [5, 5.41) is 0.639. The van der Waals surface area contributed by atoms with Crippen LogP contribution in [0.25, 0.3) is 10.9 Å². The largest absolute Gasteiger partial charge is 0.379 e. The number of aromatic nitrogens is 1. The van der Waals surface area contributed by atoms with Crippen molar-refractivity contribution in [2.75, 3.05) is 0 Å². The summed E-state index contributed by atoms with van der Waals surface area (Å²) in [4.78, 5) is 3.99. The SMILES string of the molecule is Cc1cnc2c(S(=O)(=O)Oc3ccc(F)c(F)c3)cccc2c1. The van der Waals surface area contributed by atoms with Crippen molar-refractivity contribution < 1.29 is 21.4 Å². The molecule has 0 saturated carbocycles. The van der Waals surface area contributed by atoms with Crippen LogP contribution in [0.4, 0.5) is 8.78 Å². The van der Waals surface area contributed by atoms with E-state index in [1.165, 1.54) is 6.07 Å². The second-order valence-electron chi connectivity index (χ2n) is 4.95. The van der Waals surface area contributed by atoms with Gasteiger partial charge in [0.1, 0.15) is 10.6 Å². The highest BCUT2D eigenvalue weighted by Gasteiger charge is 2.21. The quantitative estimate of drug-likeness (QED) is 0.687. The molecule has 2 aromatic carbocycles. The fourth-order valence-corrected chi connectivity index (χ4v) is 3.24. The van der Waals surface area contributed by atoms with Crippen LogP contribution in [0.1, 0.15) is 5.56 Å². The Balaban J connectivity index is 2.07. The van der Waals surface area contributed by atoms with Gasteiger partial charge in [-0.15, -0.1) is 0 Å². The second-order valence-corrected chi connectivity index (χ2v) is 6.47. The van der Waals surface area contributed by atoms with Crippen LogP contribution in [-0.2, 0) is 10.1 Å². The van der Waals surface area contributed by atoms with Gasteiger partial charge in [0.15, 0.2) is 11.6 Å². The van der Waals surface area contributed by atoms with Gasteiger partial charge in [-0.25, -0.2) is 8.78 Å². The van der Waals surface area contributed by atoms with Gasteiger partial charge < -0.3 is 4.18 Å². The summed E-state index contributed by atoms with van der Waals surface area (Å²) in [5.74, 6) is -2.59. The molecule has 0 spiro atoms. The molecule has 0 aliphatic rings. The van der Waals surface area contributed by atoms with Crippen molar-refractivity contribution in [1.82, 2.24) is 4.98 Å². The van der Waals surface area contributed by atoms with E-state index in [9.17, 15) is 17.2 Å². The van der Waals surface area contributed by atoms with Gasteiger partial charge in [-0.2, -0.15) is 8.42 Å². The number of aryl methyl sites for hydroxylation is 1. The van der Waals surface area contributed by atoms with E-state index in [2.05, 4.69) is 4.98 Å². The standard InChI is InChI=1S/C16H11F2NO3S/c1-10-7-11-3-2-4-15(16(11)19-9-10)23(20,21)22-12-5-6-13(17)14(18)8-12/h2-9H,1H3. The van der Waals surface area contributed by atoms with Crippen molar-refractivity contribution in [1.29, 1.82) is 0 Å². The first-order valence-corrected chi connectivity index (χ1v) is 8.02. The predicted molar refractivity (Wildman–Crippen MR) is 80.7 cm³/mol. The Hall–Kier alpha value is -2.54. The van der Waals surface area contributed by atoms with Crippen molar-refractivity contribution in [3.05, 3.63) is 65.9 Å². The maximum Gasteiger partial charge on any atom is 0.341 e. The lowest BCUT2D eigenvalue weighted by Gasteiger charge is -2.09. The number of hydrogen-bond donors (Lipinski definition) is 0. The molecule has 3 rings (SSSR count). The van der Waals surface area contributed by atoms with E-state index in [0.29, 0.717) is 11.5 Å². The van der Waals surface area contributed by atoms with Crippen molar-refractivity contribution in [2.24, 2.45) is 0 Å².